The summed E-state index contributed by atoms with van der Waals surface area (Å²) in [6, 6.07) is 5.84. The predicted molar refractivity (Wildman–Crippen MR) is 64.5 cm³/mol. The summed E-state index contributed by atoms with van der Waals surface area (Å²) < 4.78 is 0. The highest BCUT2D eigenvalue weighted by atomic mass is 15.1. The van der Waals surface area contributed by atoms with Crippen LogP contribution in [0.4, 0.5) is 0 Å². The van der Waals surface area contributed by atoms with Crippen molar-refractivity contribution in [3.8, 4) is 0 Å². The first-order valence-electron chi connectivity index (χ1n) is 5.50. The van der Waals surface area contributed by atoms with E-state index in [0.717, 1.165) is 31.9 Å². The van der Waals surface area contributed by atoms with E-state index in [9.17, 15) is 0 Å². The molecule has 1 aromatic heterocycles. The Morgan fingerprint density at radius 3 is 2.73 bits per heavy atom. The SMILES string of the molecule is CCN(CC)CCN=Cc1ccccn1. The van der Waals surface area contributed by atoms with Crippen molar-refractivity contribution in [2.75, 3.05) is 26.2 Å². The van der Waals surface area contributed by atoms with Crippen LogP contribution in [0.2, 0.25) is 0 Å². The molecule has 0 N–H and O–H groups in total. The molecule has 15 heavy (non-hydrogen) atoms. The van der Waals surface area contributed by atoms with Crippen LogP contribution in [0.1, 0.15) is 19.5 Å². The highest BCUT2D eigenvalue weighted by Crippen LogP contribution is 1.90. The number of hydrogen-bond acceptors (Lipinski definition) is 3. The molecule has 0 radical (unpaired) electrons. The summed E-state index contributed by atoms with van der Waals surface area (Å²) in [5.41, 5.74) is 0.928. The van der Waals surface area contributed by atoms with E-state index in [-0.39, 0.29) is 0 Å². The molecule has 3 nitrogen and oxygen atoms in total. The Bertz CT molecular complexity index is 278. The van der Waals surface area contributed by atoms with Crippen molar-refractivity contribution in [1.29, 1.82) is 0 Å². The average molecular weight is 205 g/mol. The van der Waals surface area contributed by atoms with Gasteiger partial charge in [-0.2, -0.15) is 0 Å². The average Bonchev–Trinajstić information content (AvgIpc) is 2.31. The first kappa shape index (κ1) is 11.9. The lowest BCUT2D eigenvalue weighted by Gasteiger charge is -2.15. The molecular formula is C12H19N3. The van der Waals surface area contributed by atoms with E-state index < -0.39 is 0 Å². The zero-order valence-electron chi connectivity index (χ0n) is 9.56. The van der Waals surface area contributed by atoms with Crippen LogP contribution in [-0.2, 0) is 0 Å². The topological polar surface area (TPSA) is 28.5 Å². The third-order valence-electron chi connectivity index (χ3n) is 2.35. The quantitative estimate of drug-likeness (QED) is 0.663. The molecule has 0 saturated heterocycles. The van der Waals surface area contributed by atoms with Crippen molar-refractivity contribution in [2.45, 2.75) is 13.8 Å². The summed E-state index contributed by atoms with van der Waals surface area (Å²) in [5.74, 6) is 0. The fourth-order valence-electron chi connectivity index (χ4n) is 1.35. The molecule has 1 heterocycles. The minimum Gasteiger partial charge on any atom is -0.302 e. The molecule has 1 aromatic rings. The lowest BCUT2D eigenvalue weighted by molar-refractivity contribution is 0.313. The Morgan fingerprint density at radius 1 is 1.33 bits per heavy atom. The van der Waals surface area contributed by atoms with Gasteiger partial charge in [0, 0.05) is 19.0 Å². The lowest BCUT2D eigenvalue weighted by Crippen LogP contribution is -2.25. The van der Waals surface area contributed by atoms with E-state index in [1.54, 1.807) is 6.20 Å². The first-order chi connectivity index (χ1) is 7.36. The van der Waals surface area contributed by atoms with Crippen molar-refractivity contribution in [2.24, 2.45) is 4.99 Å². The van der Waals surface area contributed by atoms with Gasteiger partial charge in [-0.25, -0.2) is 0 Å². The van der Waals surface area contributed by atoms with Crippen LogP contribution < -0.4 is 0 Å². The lowest BCUT2D eigenvalue weighted by atomic mass is 10.4. The van der Waals surface area contributed by atoms with Crippen LogP contribution in [0.25, 0.3) is 0 Å². The van der Waals surface area contributed by atoms with Crippen molar-refractivity contribution in [3.05, 3.63) is 30.1 Å². The number of nitrogens with zero attached hydrogens (tertiary/aromatic N) is 3. The van der Waals surface area contributed by atoms with Gasteiger partial charge < -0.3 is 4.90 Å². The van der Waals surface area contributed by atoms with Crippen LogP contribution in [0.15, 0.2) is 29.4 Å². The minimum absolute atomic E-state index is 0.845. The van der Waals surface area contributed by atoms with Gasteiger partial charge in [0.15, 0.2) is 0 Å². The maximum Gasteiger partial charge on any atom is 0.0807 e. The molecule has 0 unspecified atom stereocenters. The molecule has 0 aromatic carbocycles. The molecule has 0 aliphatic heterocycles. The Morgan fingerprint density at radius 2 is 2.13 bits per heavy atom. The maximum atomic E-state index is 4.35. The van der Waals surface area contributed by atoms with Gasteiger partial charge in [0.1, 0.15) is 0 Å². The standard InChI is InChI=1S/C12H19N3/c1-3-15(4-2)10-9-13-11-12-7-5-6-8-14-12/h5-8,11H,3-4,9-10H2,1-2H3. The highest BCUT2D eigenvalue weighted by Gasteiger charge is 1.95. The normalized spacial score (nSPS) is 11.4. The monoisotopic (exact) mass is 205 g/mol. The molecule has 0 aliphatic carbocycles. The van der Waals surface area contributed by atoms with Crippen LogP contribution in [-0.4, -0.2) is 42.3 Å². The smallest absolute Gasteiger partial charge is 0.0807 e. The van der Waals surface area contributed by atoms with Gasteiger partial charge in [0.05, 0.1) is 12.2 Å². The first-order valence-corrected chi connectivity index (χ1v) is 5.50. The minimum atomic E-state index is 0.845. The maximum absolute atomic E-state index is 4.35. The predicted octanol–water partition coefficient (Wildman–Crippen LogP) is 1.84. The Hall–Kier alpha value is -1.22. The van der Waals surface area contributed by atoms with Gasteiger partial charge in [-0.3, -0.25) is 9.98 Å². The third-order valence-corrected chi connectivity index (χ3v) is 2.35. The molecular weight excluding hydrogens is 186 g/mol. The van der Waals surface area contributed by atoms with E-state index in [1.165, 1.54) is 0 Å². The molecule has 82 valence electrons. The Kier molecular flexibility index (Phi) is 5.63. The Balaban J connectivity index is 2.28. The zero-order chi connectivity index (χ0) is 10.9. The third kappa shape index (κ3) is 4.70. The zero-order valence-corrected chi connectivity index (χ0v) is 9.56. The second-order valence-corrected chi connectivity index (χ2v) is 3.32. The van der Waals surface area contributed by atoms with Crippen LogP contribution >= 0.6 is 0 Å². The van der Waals surface area contributed by atoms with Crippen LogP contribution in [0.3, 0.4) is 0 Å². The number of likely N-dealkylation sites (N-methyl/N-ethyl adjacent to an activating group) is 1. The van der Waals surface area contributed by atoms with Crippen molar-refractivity contribution >= 4 is 6.21 Å². The van der Waals surface area contributed by atoms with E-state index in [0.29, 0.717) is 0 Å². The molecule has 0 atom stereocenters. The van der Waals surface area contributed by atoms with Crippen LogP contribution in [0, 0.1) is 0 Å². The number of pyridine rings is 1. The van der Waals surface area contributed by atoms with E-state index in [4.69, 9.17) is 0 Å². The fraction of sp³-hybridized carbons (Fsp3) is 0.500. The van der Waals surface area contributed by atoms with Crippen molar-refractivity contribution in [1.82, 2.24) is 9.88 Å². The number of hydrogen-bond donors (Lipinski definition) is 0. The number of rotatable bonds is 6. The van der Waals surface area contributed by atoms with Gasteiger partial charge in [-0.1, -0.05) is 19.9 Å². The second-order valence-electron chi connectivity index (χ2n) is 3.32. The summed E-state index contributed by atoms with van der Waals surface area (Å²) >= 11 is 0. The molecule has 0 saturated carbocycles. The summed E-state index contributed by atoms with van der Waals surface area (Å²) in [6.07, 6.45) is 3.62. The van der Waals surface area contributed by atoms with Gasteiger partial charge in [0.2, 0.25) is 0 Å². The molecule has 0 amide bonds. The van der Waals surface area contributed by atoms with Gasteiger partial charge >= 0.3 is 0 Å². The summed E-state index contributed by atoms with van der Waals surface area (Å²) in [6.45, 7) is 8.40. The summed E-state index contributed by atoms with van der Waals surface area (Å²) in [7, 11) is 0. The van der Waals surface area contributed by atoms with Gasteiger partial charge in [-0.15, -0.1) is 0 Å². The largest absolute Gasteiger partial charge is 0.302 e. The van der Waals surface area contributed by atoms with Gasteiger partial charge in [0.25, 0.3) is 0 Å². The highest BCUT2D eigenvalue weighted by molar-refractivity contribution is 5.76. The molecule has 1 rings (SSSR count). The van der Waals surface area contributed by atoms with E-state index in [1.807, 2.05) is 24.4 Å². The van der Waals surface area contributed by atoms with E-state index in [2.05, 4.69) is 28.7 Å². The fourth-order valence-corrected chi connectivity index (χ4v) is 1.35. The Labute approximate surface area is 91.9 Å². The number of aliphatic imine (C=N–C) groups is 1. The molecule has 0 bridgehead atoms. The van der Waals surface area contributed by atoms with Gasteiger partial charge in [-0.05, 0) is 25.2 Å². The van der Waals surface area contributed by atoms with Crippen molar-refractivity contribution in [3.63, 3.8) is 0 Å². The molecule has 0 aliphatic rings. The molecule has 0 fully saturated rings. The van der Waals surface area contributed by atoms with E-state index >= 15 is 0 Å². The second kappa shape index (κ2) is 7.12. The summed E-state index contributed by atoms with van der Waals surface area (Å²) in [4.78, 5) is 10.9. The number of aromatic nitrogens is 1. The van der Waals surface area contributed by atoms with Crippen LogP contribution in [0.5, 0.6) is 0 Å². The summed E-state index contributed by atoms with van der Waals surface area (Å²) in [5, 5.41) is 0. The molecule has 3 heteroatoms. The van der Waals surface area contributed by atoms with Crippen molar-refractivity contribution < 1.29 is 0 Å². The molecule has 0 spiro atoms.